The molecule has 1 aliphatic heterocycles. The fraction of sp³-hybridized carbons (Fsp3) is 0.267. The first kappa shape index (κ1) is 27.8. The molecule has 2 N–H and O–H groups in total. The van der Waals surface area contributed by atoms with Crippen LogP contribution in [0.25, 0.3) is 21.9 Å². The third-order valence-electron chi connectivity index (χ3n) is 6.74. The normalized spacial score (nSPS) is 15.6. The second-order valence-electron chi connectivity index (χ2n) is 9.50. The van der Waals surface area contributed by atoms with Crippen LogP contribution in [0.2, 0.25) is 0 Å². The molecule has 1 atom stereocenters. The molecule has 0 bridgehead atoms. The van der Waals surface area contributed by atoms with Crippen molar-refractivity contribution in [3.05, 3.63) is 78.9 Å². The van der Waals surface area contributed by atoms with E-state index in [0.29, 0.717) is 24.1 Å². The third kappa shape index (κ3) is 6.59. The highest BCUT2D eigenvalue weighted by atomic mass is 35.5. The van der Waals surface area contributed by atoms with Gasteiger partial charge in [-0.15, -0.1) is 12.4 Å². The number of fused-ring (bicyclic) bond motifs is 1. The first-order chi connectivity index (χ1) is 17.9. The quantitative estimate of drug-likeness (QED) is 0.251. The molecule has 0 amide bonds. The molecular formula is C30H32ClNO5S. The summed E-state index contributed by atoms with van der Waals surface area (Å²) in [5, 5.41) is 15.2. The van der Waals surface area contributed by atoms with Crippen molar-refractivity contribution in [1.29, 1.82) is 0 Å². The van der Waals surface area contributed by atoms with E-state index < -0.39 is 9.84 Å². The molecule has 1 aliphatic rings. The zero-order valence-corrected chi connectivity index (χ0v) is 22.9. The molecule has 1 unspecified atom stereocenters. The smallest absolute Gasteiger partial charge is 0.175 e. The number of hydrogen-bond acceptors (Lipinski definition) is 6. The fourth-order valence-corrected chi connectivity index (χ4v) is 5.35. The van der Waals surface area contributed by atoms with E-state index in [0.717, 1.165) is 40.6 Å². The molecule has 200 valence electrons. The van der Waals surface area contributed by atoms with Crippen LogP contribution in [-0.4, -0.2) is 39.0 Å². The Labute approximate surface area is 229 Å². The van der Waals surface area contributed by atoms with E-state index in [9.17, 15) is 13.5 Å². The number of hydrogen-bond donors (Lipinski definition) is 2. The number of rotatable bonds is 8. The van der Waals surface area contributed by atoms with Crippen molar-refractivity contribution in [3.8, 4) is 34.1 Å². The molecule has 8 heteroatoms. The number of aromatic hydroxyl groups is 1. The maximum atomic E-state index is 11.9. The van der Waals surface area contributed by atoms with Crippen LogP contribution in [0.4, 0.5) is 0 Å². The highest BCUT2D eigenvalue weighted by Crippen LogP contribution is 2.41. The SMILES string of the molecule is CS(=O)(=O)c1ccc(-c2ccc3cc(O)ccc3c2Oc2ccc(OCCC3CCCCN3)cc2)cc1.Cl. The first-order valence-corrected chi connectivity index (χ1v) is 14.5. The standard InChI is InChI=1S/C30H31NO5S.ClH/c1-37(33,34)27-13-5-21(6-14-27)28-15-7-22-20-24(32)8-16-29(22)30(28)36-26-11-9-25(10-12-26)35-19-17-23-4-2-3-18-31-23;/h5-16,20,23,31-32H,2-4,17-19H2,1H3;1H. The fourth-order valence-electron chi connectivity index (χ4n) is 4.72. The summed E-state index contributed by atoms with van der Waals surface area (Å²) in [6, 6.07) is 23.8. The van der Waals surface area contributed by atoms with Crippen LogP contribution in [0, 0.1) is 0 Å². The van der Waals surface area contributed by atoms with Crippen molar-refractivity contribution in [1.82, 2.24) is 5.32 Å². The zero-order chi connectivity index (χ0) is 25.8. The van der Waals surface area contributed by atoms with Gasteiger partial charge in [-0.3, -0.25) is 0 Å². The number of sulfone groups is 1. The highest BCUT2D eigenvalue weighted by Gasteiger charge is 2.15. The number of ether oxygens (including phenoxy) is 2. The molecule has 0 radical (unpaired) electrons. The van der Waals surface area contributed by atoms with Gasteiger partial charge in [0.2, 0.25) is 0 Å². The number of piperidine rings is 1. The summed E-state index contributed by atoms with van der Waals surface area (Å²) in [4.78, 5) is 0.263. The van der Waals surface area contributed by atoms with Gasteiger partial charge in [0.05, 0.1) is 11.5 Å². The monoisotopic (exact) mass is 553 g/mol. The van der Waals surface area contributed by atoms with Crippen LogP contribution in [-0.2, 0) is 9.84 Å². The van der Waals surface area contributed by atoms with Gasteiger partial charge in [0.15, 0.2) is 9.84 Å². The molecular weight excluding hydrogens is 522 g/mol. The largest absolute Gasteiger partial charge is 0.508 e. The van der Waals surface area contributed by atoms with E-state index in [1.165, 1.54) is 25.5 Å². The van der Waals surface area contributed by atoms with Gasteiger partial charge >= 0.3 is 0 Å². The lowest BCUT2D eigenvalue weighted by Gasteiger charge is -2.23. The van der Waals surface area contributed by atoms with E-state index in [4.69, 9.17) is 9.47 Å². The Balaban J connectivity index is 0.00000336. The number of benzene rings is 4. The summed E-state index contributed by atoms with van der Waals surface area (Å²) < 4.78 is 36.2. The minimum absolute atomic E-state index is 0. The Kier molecular flexibility index (Phi) is 8.82. The second-order valence-corrected chi connectivity index (χ2v) is 11.5. The third-order valence-corrected chi connectivity index (χ3v) is 7.87. The Morgan fingerprint density at radius 2 is 1.66 bits per heavy atom. The maximum Gasteiger partial charge on any atom is 0.175 e. The van der Waals surface area contributed by atoms with Gasteiger partial charge < -0.3 is 19.9 Å². The van der Waals surface area contributed by atoms with Gasteiger partial charge in [0.25, 0.3) is 0 Å². The minimum atomic E-state index is -3.29. The number of phenols is 1. The van der Waals surface area contributed by atoms with Gasteiger partial charge in [-0.1, -0.05) is 24.6 Å². The van der Waals surface area contributed by atoms with Crippen LogP contribution >= 0.6 is 12.4 Å². The molecule has 0 aromatic heterocycles. The van der Waals surface area contributed by atoms with Crippen LogP contribution in [0.15, 0.2) is 83.8 Å². The molecule has 0 saturated carbocycles. The van der Waals surface area contributed by atoms with Crippen LogP contribution < -0.4 is 14.8 Å². The molecule has 38 heavy (non-hydrogen) atoms. The highest BCUT2D eigenvalue weighted by molar-refractivity contribution is 7.90. The molecule has 1 fully saturated rings. The van der Waals surface area contributed by atoms with E-state index in [2.05, 4.69) is 5.32 Å². The minimum Gasteiger partial charge on any atom is -0.508 e. The lowest BCUT2D eigenvalue weighted by molar-refractivity contribution is 0.268. The Bertz CT molecular complexity index is 1480. The van der Waals surface area contributed by atoms with Crippen molar-refractivity contribution in [2.45, 2.75) is 36.6 Å². The summed E-state index contributed by atoms with van der Waals surface area (Å²) in [5.41, 5.74) is 1.65. The van der Waals surface area contributed by atoms with E-state index >= 15 is 0 Å². The molecule has 6 nitrogen and oxygen atoms in total. The Morgan fingerprint density at radius 3 is 2.34 bits per heavy atom. The van der Waals surface area contributed by atoms with Gasteiger partial charge in [-0.05, 0) is 97.4 Å². The number of halogens is 1. The summed E-state index contributed by atoms with van der Waals surface area (Å²) in [5.74, 6) is 2.24. The molecule has 1 heterocycles. The van der Waals surface area contributed by atoms with E-state index in [1.807, 2.05) is 42.5 Å². The summed E-state index contributed by atoms with van der Waals surface area (Å²) in [6.45, 7) is 1.76. The summed E-state index contributed by atoms with van der Waals surface area (Å²) in [7, 11) is -3.29. The molecule has 1 saturated heterocycles. The summed E-state index contributed by atoms with van der Waals surface area (Å²) >= 11 is 0. The molecule has 4 aromatic carbocycles. The second kappa shape index (κ2) is 12.1. The van der Waals surface area contributed by atoms with E-state index in [1.54, 1.807) is 36.4 Å². The van der Waals surface area contributed by atoms with Crippen molar-refractivity contribution >= 4 is 33.0 Å². The number of nitrogens with one attached hydrogen (secondary N) is 1. The van der Waals surface area contributed by atoms with Gasteiger partial charge in [-0.2, -0.15) is 0 Å². The lowest BCUT2D eigenvalue weighted by Crippen LogP contribution is -2.35. The van der Waals surface area contributed by atoms with Crippen LogP contribution in [0.3, 0.4) is 0 Å². The average Bonchev–Trinajstić information content (AvgIpc) is 2.90. The van der Waals surface area contributed by atoms with Crippen molar-refractivity contribution in [2.75, 3.05) is 19.4 Å². The molecule has 5 rings (SSSR count). The predicted molar refractivity (Wildman–Crippen MR) is 154 cm³/mol. The van der Waals surface area contributed by atoms with Crippen LogP contribution in [0.1, 0.15) is 25.7 Å². The summed E-state index contributed by atoms with van der Waals surface area (Å²) in [6.07, 6.45) is 5.92. The van der Waals surface area contributed by atoms with Gasteiger partial charge in [-0.25, -0.2) is 8.42 Å². The first-order valence-electron chi connectivity index (χ1n) is 12.6. The molecule has 0 spiro atoms. The van der Waals surface area contributed by atoms with Crippen molar-refractivity contribution in [3.63, 3.8) is 0 Å². The Morgan fingerprint density at radius 1 is 0.921 bits per heavy atom. The van der Waals surface area contributed by atoms with Crippen molar-refractivity contribution < 1.29 is 23.0 Å². The Hall–Kier alpha value is -3.26. The maximum absolute atomic E-state index is 11.9. The van der Waals surface area contributed by atoms with Gasteiger partial charge in [0.1, 0.15) is 23.0 Å². The molecule has 0 aliphatic carbocycles. The topological polar surface area (TPSA) is 84.9 Å². The lowest BCUT2D eigenvalue weighted by atomic mass is 9.99. The van der Waals surface area contributed by atoms with E-state index in [-0.39, 0.29) is 23.1 Å². The number of phenolic OH excluding ortho intramolecular Hbond substituents is 1. The zero-order valence-electron chi connectivity index (χ0n) is 21.2. The van der Waals surface area contributed by atoms with Gasteiger partial charge in [0, 0.05) is 23.2 Å². The van der Waals surface area contributed by atoms with Crippen LogP contribution in [0.5, 0.6) is 23.0 Å². The van der Waals surface area contributed by atoms with Crippen molar-refractivity contribution in [2.24, 2.45) is 0 Å². The predicted octanol–water partition coefficient (Wildman–Crippen LogP) is 6.74. The average molecular weight is 554 g/mol. The molecule has 4 aromatic rings.